The van der Waals surface area contributed by atoms with Crippen LogP contribution >= 0.6 is 0 Å². The smallest absolute Gasteiger partial charge is 0.221 e. The highest BCUT2D eigenvalue weighted by Gasteiger charge is 2.31. The molecule has 0 saturated heterocycles. The fraction of sp³-hybridized carbons (Fsp3) is 0.333. The molecule has 0 aliphatic carbocycles. The molecule has 1 aromatic carbocycles. The molecule has 1 amide bonds. The Morgan fingerprint density at radius 3 is 2.74 bits per heavy atom. The number of hydrogen-bond donors (Lipinski definition) is 2. The number of carbonyl (C=O) groups excluding carboxylic acids is 1. The summed E-state index contributed by atoms with van der Waals surface area (Å²) in [5.74, 6) is -0.136. The molecule has 122 valence electrons. The fourth-order valence-electron chi connectivity index (χ4n) is 2.79. The Balaban J connectivity index is 2.02. The Bertz CT molecular complexity index is 886. The van der Waals surface area contributed by atoms with Gasteiger partial charge in [0, 0.05) is 30.3 Å². The number of nitrogens with zero attached hydrogens (tertiary/aromatic N) is 2. The van der Waals surface area contributed by atoms with Crippen molar-refractivity contribution in [2.45, 2.75) is 26.9 Å². The van der Waals surface area contributed by atoms with E-state index in [1.54, 1.807) is 0 Å². The van der Waals surface area contributed by atoms with Crippen LogP contribution in [0.4, 0.5) is 5.69 Å². The third-order valence-electron chi connectivity index (χ3n) is 4.00. The second-order valence-corrected chi connectivity index (χ2v) is 7.70. The van der Waals surface area contributed by atoms with Crippen LogP contribution in [0, 0.1) is 6.92 Å². The lowest BCUT2D eigenvalue weighted by Gasteiger charge is -2.13. The number of sulfonamides is 1. The zero-order valence-corrected chi connectivity index (χ0v) is 14.0. The van der Waals surface area contributed by atoms with Crippen LogP contribution in [-0.2, 0) is 27.9 Å². The number of rotatable bonds is 3. The van der Waals surface area contributed by atoms with Gasteiger partial charge in [-0.1, -0.05) is 12.1 Å². The lowest BCUT2D eigenvalue weighted by molar-refractivity contribution is -0.114. The van der Waals surface area contributed by atoms with Crippen LogP contribution in [-0.4, -0.2) is 35.1 Å². The minimum absolute atomic E-state index is 0.136. The number of benzene rings is 1. The molecule has 2 heterocycles. The molecule has 2 N–H and O–H groups in total. The van der Waals surface area contributed by atoms with Gasteiger partial charge in [0.1, 0.15) is 0 Å². The van der Waals surface area contributed by atoms with E-state index in [0.29, 0.717) is 6.54 Å². The predicted molar refractivity (Wildman–Crippen MR) is 87.2 cm³/mol. The molecule has 0 atom stereocenters. The van der Waals surface area contributed by atoms with Crippen molar-refractivity contribution in [3.05, 3.63) is 35.0 Å². The number of carbonyl (C=O) groups is 1. The van der Waals surface area contributed by atoms with Crippen LogP contribution in [0.25, 0.3) is 11.3 Å². The highest BCUT2D eigenvalue weighted by molar-refractivity contribution is 7.88. The zero-order valence-electron chi connectivity index (χ0n) is 13.2. The number of fused-ring (bicyclic) bond motifs is 1. The summed E-state index contributed by atoms with van der Waals surface area (Å²) in [5, 5.41) is 10.0. The first-order chi connectivity index (χ1) is 10.8. The van der Waals surface area contributed by atoms with Crippen molar-refractivity contribution < 1.29 is 13.2 Å². The van der Waals surface area contributed by atoms with E-state index < -0.39 is 10.0 Å². The Labute approximate surface area is 134 Å². The summed E-state index contributed by atoms with van der Waals surface area (Å²) in [6.07, 6.45) is 1.20. The monoisotopic (exact) mass is 334 g/mol. The number of amides is 1. The minimum atomic E-state index is -3.25. The van der Waals surface area contributed by atoms with Crippen LogP contribution < -0.4 is 5.32 Å². The van der Waals surface area contributed by atoms with E-state index in [1.165, 1.54) is 17.5 Å². The van der Waals surface area contributed by atoms with Gasteiger partial charge in [-0.3, -0.25) is 9.89 Å². The molecule has 3 rings (SSSR count). The summed E-state index contributed by atoms with van der Waals surface area (Å²) < 4.78 is 24.9. The van der Waals surface area contributed by atoms with Crippen molar-refractivity contribution in [3.63, 3.8) is 0 Å². The van der Waals surface area contributed by atoms with Crippen LogP contribution in [0.2, 0.25) is 0 Å². The van der Waals surface area contributed by atoms with E-state index in [4.69, 9.17) is 0 Å². The van der Waals surface area contributed by atoms with E-state index in [1.807, 2.05) is 25.1 Å². The largest absolute Gasteiger partial charge is 0.326 e. The van der Waals surface area contributed by atoms with Crippen molar-refractivity contribution >= 4 is 21.6 Å². The van der Waals surface area contributed by atoms with Crippen LogP contribution in [0.15, 0.2) is 18.2 Å². The first-order valence-corrected chi connectivity index (χ1v) is 9.01. The first-order valence-electron chi connectivity index (χ1n) is 7.16. The van der Waals surface area contributed by atoms with Gasteiger partial charge in [-0.25, -0.2) is 8.42 Å². The molecule has 1 aliphatic rings. The molecule has 8 heteroatoms. The van der Waals surface area contributed by atoms with Gasteiger partial charge >= 0.3 is 0 Å². The van der Waals surface area contributed by atoms with E-state index in [9.17, 15) is 13.2 Å². The van der Waals surface area contributed by atoms with Crippen molar-refractivity contribution in [2.75, 3.05) is 11.6 Å². The van der Waals surface area contributed by atoms with Crippen LogP contribution in [0.3, 0.4) is 0 Å². The van der Waals surface area contributed by atoms with Crippen LogP contribution in [0.5, 0.6) is 0 Å². The van der Waals surface area contributed by atoms with Crippen molar-refractivity contribution in [2.24, 2.45) is 0 Å². The topological polar surface area (TPSA) is 95.2 Å². The maximum absolute atomic E-state index is 11.7. The molecule has 23 heavy (non-hydrogen) atoms. The van der Waals surface area contributed by atoms with Gasteiger partial charge in [-0.15, -0.1) is 0 Å². The lowest BCUT2D eigenvalue weighted by atomic mass is 10.0. The van der Waals surface area contributed by atoms with E-state index in [0.717, 1.165) is 33.8 Å². The van der Waals surface area contributed by atoms with Crippen molar-refractivity contribution in [1.82, 2.24) is 14.5 Å². The average molecular weight is 334 g/mol. The summed E-state index contributed by atoms with van der Waals surface area (Å²) in [7, 11) is -3.25. The normalized spacial score (nSPS) is 14.7. The lowest BCUT2D eigenvalue weighted by Crippen LogP contribution is -2.24. The molecular formula is C15H18N4O3S. The quantitative estimate of drug-likeness (QED) is 0.891. The summed E-state index contributed by atoms with van der Waals surface area (Å²) in [4.78, 5) is 11.3. The van der Waals surface area contributed by atoms with E-state index >= 15 is 0 Å². The van der Waals surface area contributed by atoms with E-state index in [-0.39, 0.29) is 12.5 Å². The summed E-state index contributed by atoms with van der Waals surface area (Å²) in [5.41, 5.74) is 4.98. The van der Waals surface area contributed by atoms with Gasteiger partial charge in [-0.2, -0.15) is 9.40 Å². The molecular weight excluding hydrogens is 316 g/mol. The summed E-state index contributed by atoms with van der Waals surface area (Å²) in [6, 6.07) is 5.61. The molecule has 7 nitrogen and oxygen atoms in total. The van der Waals surface area contributed by atoms with Gasteiger partial charge in [0.15, 0.2) is 0 Å². The molecule has 2 aromatic rings. The maximum atomic E-state index is 11.7. The third-order valence-corrected chi connectivity index (χ3v) is 5.19. The number of hydrogen-bond acceptors (Lipinski definition) is 4. The summed E-state index contributed by atoms with van der Waals surface area (Å²) in [6.45, 7) is 3.97. The highest BCUT2D eigenvalue weighted by Crippen LogP contribution is 2.35. The zero-order chi connectivity index (χ0) is 16.8. The number of aromatic nitrogens is 2. The molecule has 0 fully saturated rings. The van der Waals surface area contributed by atoms with Gasteiger partial charge in [0.25, 0.3) is 0 Å². The Morgan fingerprint density at radius 1 is 1.35 bits per heavy atom. The maximum Gasteiger partial charge on any atom is 0.221 e. The van der Waals surface area contributed by atoms with Gasteiger partial charge in [-0.05, 0) is 18.6 Å². The average Bonchev–Trinajstić information content (AvgIpc) is 3.00. The molecule has 0 bridgehead atoms. The second-order valence-electron chi connectivity index (χ2n) is 5.71. The molecule has 0 saturated carbocycles. The molecule has 0 spiro atoms. The fourth-order valence-corrected chi connectivity index (χ4v) is 3.51. The Hall–Kier alpha value is -2.19. The number of aromatic amines is 1. The molecule has 1 aromatic heterocycles. The summed E-state index contributed by atoms with van der Waals surface area (Å²) >= 11 is 0. The SMILES string of the molecule is CC(=O)Nc1cccc(-c2[nH]nc3c2CN(S(C)(=O)=O)C3)c1C. The first kappa shape index (κ1) is 15.7. The number of anilines is 1. The predicted octanol–water partition coefficient (Wildman–Crippen LogP) is 1.62. The van der Waals surface area contributed by atoms with Gasteiger partial charge in [0.2, 0.25) is 15.9 Å². The van der Waals surface area contributed by atoms with Crippen molar-refractivity contribution in [3.8, 4) is 11.3 Å². The minimum Gasteiger partial charge on any atom is -0.326 e. The number of nitrogens with one attached hydrogen (secondary N) is 2. The van der Waals surface area contributed by atoms with E-state index in [2.05, 4.69) is 15.5 Å². The molecule has 0 radical (unpaired) electrons. The number of H-pyrrole nitrogens is 1. The van der Waals surface area contributed by atoms with Gasteiger partial charge in [0.05, 0.1) is 24.2 Å². The highest BCUT2D eigenvalue weighted by atomic mass is 32.2. The Kier molecular flexibility index (Phi) is 3.73. The third kappa shape index (κ3) is 2.87. The molecule has 0 unspecified atom stereocenters. The van der Waals surface area contributed by atoms with Gasteiger partial charge < -0.3 is 5.32 Å². The van der Waals surface area contributed by atoms with Crippen molar-refractivity contribution in [1.29, 1.82) is 0 Å². The second kappa shape index (κ2) is 5.47. The standard InChI is InChI=1S/C15H18N4O3S/c1-9-11(5-4-6-13(9)16-10(2)20)15-12-7-19(23(3,21)22)8-14(12)17-18-15/h4-6H,7-8H2,1-3H3,(H,16,20)(H,17,18). The van der Waals surface area contributed by atoms with Crippen LogP contribution in [0.1, 0.15) is 23.7 Å². The Morgan fingerprint density at radius 2 is 2.09 bits per heavy atom. The molecule has 1 aliphatic heterocycles.